The van der Waals surface area contributed by atoms with E-state index in [4.69, 9.17) is 5.11 Å². The third kappa shape index (κ3) is 1.61. The molecule has 1 saturated heterocycles. The summed E-state index contributed by atoms with van der Waals surface area (Å²) in [7, 11) is 0. The summed E-state index contributed by atoms with van der Waals surface area (Å²) in [6, 6.07) is -0.506. The minimum Gasteiger partial charge on any atom is -0.481 e. The molecule has 4 nitrogen and oxygen atoms in total. The van der Waals surface area contributed by atoms with Crippen LogP contribution in [0.1, 0.15) is 26.7 Å². The van der Waals surface area contributed by atoms with E-state index in [1.165, 1.54) is 11.8 Å². The summed E-state index contributed by atoms with van der Waals surface area (Å²) in [4.78, 5) is 24.2. The molecule has 1 aliphatic carbocycles. The maximum Gasteiger partial charge on any atom is 0.308 e. The molecular formula is C11H15F2NO3. The molecule has 0 aromatic rings. The fraction of sp³-hybridized carbons (Fsp3) is 0.818. The quantitative estimate of drug-likeness (QED) is 0.801. The molecule has 2 rings (SSSR count). The van der Waals surface area contributed by atoms with Gasteiger partial charge in [-0.25, -0.2) is 8.78 Å². The van der Waals surface area contributed by atoms with Gasteiger partial charge in [0.1, 0.15) is 5.41 Å². The van der Waals surface area contributed by atoms with Crippen molar-refractivity contribution in [2.45, 2.75) is 38.7 Å². The van der Waals surface area contributed by atoms with E-state index < -0.39 is 41.6 Å². The Hall–Kier alpha value is -1.20. The third-order valence-electron chi connectivity index (χ3n) is 4.06. The van der Waals surface area contributed by atoms with Crippen molar-refractivity contribution in [1.82, 2.24) is 4.90 Å². The Kier molecular flexibility index (Phi) is 2.45. The number of alkyl halides is 2. The number of nitrogens with zero attached hydrogens (tertiary/aromatic N) is 1. The molecule has 96 valence electrons. The van der Waals surface area contributed by atoms with Crippen molar-refractivity contribution in [1.29, 1.82) is 0 Å². The van der Waals surface area contributed by atoms with Gasteiger partial charge in [-0.3, -0.25) is 9.59 Å². The van der Waals surface area contributed by atoms with Gasteiger partial charge in [-0.05, 0) is 20.3 Å². The molecule has 1 heterocycles. The van der Waals surface area contributed by atoms with E-state index in [0.717, 1.165) is 0 Å². The largest absolute Gasteiger partial charge is 0.481 e. The fourth-order valence-electron chi connectivity index (χ4n) is 2.51. The van der Waals surface area contributed by atoms with E-state index in [1.54, 1.807) is 6.92 Å². The second kappa shape index (κ2) is 3.40. The van der Waals surface area contributed by atoms with Crippen LogP contribution in [0.4, 0.5) is 8.78 Å². The van der Waals surface area contributed by atoms with Crippen LogP contribution in [0.25, 0.3) is 0 Å². The molecule has 2 fully saturated rings. The molecule has 3 atom stereocenters. The van der Waals surface area contributed by atoms with Crippen LogP contribution in [0.3, 0.4) is 0 Å². The van der Waals surface area contributed by atoms with Crippen LogP contribution in [0.5, 0.6) is 0 Å². The van der Waals surface area contributed by atoms with Crippen molar-refractivity contribution >= 4 is 11.9 Å². The average Bonchev–Trinajstić information content (AvgIpc) is 2.57. The number of halogens is 2. The highest BCUT2D eigenvalue weighted by molar-refractivity contribution is 5.88. The van der Waals surface area contributed by atoms with E-state index in [-0.39, 0.29) is 6.54 Å². The minimum absolute atomic E-state index is 0.253. The predicted molar refractivity (Wildman–Crippen MR) is 54.6 cm³/mol. The smallest absolute Gasteiger partial charge is 0.308 e. The maximum atomic E-state index is 13.1. The second-order valence-corrected chi connectivity index (χ2v) is 5.19. The van der Waals surface area contributed by atoms with Gasteiger partial charge in [-0.2, -0.15) is 0 Å². The number of aliphatic carboxylic acids is 1. The number of hydrogen-bond acceptors (Lipinski definition) is 2. The Morgan fingerprint density at radius 1 is 1.41 bits per heavy atom. The van der Waals surface area contributed by atoms with Crippen LogP contribution in [-0.2, 0) is 9.59 Å². The van der Waals surface area contributed by atoms with E-state index >= 15 is 0 Å². The van der Waals surface area contributed by atoms with Crippen molar-refractivity contribution in [3.63, 3.8) is 0 Å². The topological polar surface area (TPSA) is 57.6 Å². The number of hydrogen-bond donors (Lipinski definition) is 1. The molecule has 1 N–H and O–H groups in total. The van der Waals surface area contributed by atoms with Gasteiger partial charge in [0.05, 0.1) is 5.92 Å². The van der Waals surface area contributed by atoms with E-state index in [1.807, 2.05) is 0 Å². The SMILES string of the molecule is CC1C(C(=O)O)CCN1C(=O)C1(C)CC1(F)F. The molecule has 0 spiro atoms. The number of amides is 1. The highest BCUT2D eigenvalue weighted by Crippen LogP contribution is 2.61. The predicted octanol–water partition coefficient (Wildman–Crippen LogP) is 1.35. The molecule has 1 saturated carbocycles. The molecule has 1 amide bonds. The molecule has 17 heavy (non-hydrogen) atoms. The standard InChI is InChI=1S/C11H15F2NO3/c1-6-7(8(15)16)3-4-14(6)9(17)10(2)5-11(10,12)13/h6-7H,3-5H2,1-2H3,(H,15,16). The van der Waals surface area contributed by atoms with Crippen LogP contribution in [0.2, 0.25) is 0 Å². The lowest BCUT2D eigenvalue weighted by atomic mass is 10.0. The van der Waals surface area contributed by atoms with Gasteiger partial charge in [0.25, 0.3) is 5.92 Å². The third-order valence-corrected chi connectivity index (χ3v) is 4.06. The second-order valence-electron chi connectivity index (χ2n) is 5.19. The van der Waals surface area contributed by atoms with Crippen molar-refractivity contribution in [2.75, 3.05) is 6.54 Å². The summed E-state index contributed by atoms with van der Waals surface area (Å²) >= 11 is 0. The van der Waals surface area contributed by atoms with Gasteiger partial charge in [0.15, 0.2) is 0 Å². The zero-order valence-corrected chi connectivity index (χ0v) is 9.74. The lowest BCUT2D eigenvalue weighted by molar-refractivity contribution is -0.145. The van der Waals surface area contributed by atoms with Crippen LogP contribution < -0.4 is 0 Å². The first-order valence-corrected chi connectivity index (χ1v) is 5.62. The number of carbonyl (C=O) groups is 2. The van der Waals surface area contributed by atoms with Crippen molar-refractivity contribution in [2.24, 2.45) is 11.3 Å². The van der Waals surface area contributed by atoms with Gasteiger partial charge in [0, 0.05) is 19.0 Å². The number of carbonyl (C=O) groups excluding carboxylic acids is 1. The Morgan fingerprint density at radius 2 is 1.94 bits per heavy atom. The van der Waals surface area contributed by atoms with Crippen LogP contribution >= 0.6 is 0 Å². The monoisotopic (exact) mass is 247 g/mol. The summed E-state index contributed by atoms with van der Waals surface area (Å²) in [5, 5.41) is 8.92. The van der Waals surface area contributed by atoms with Gasteiger partial charge in [-0.15, -0.1) is 0 Å². The minimum atomic E-state index is -2.94. The first kappa shape index (κ1) is 12.3. The van der Waals surface area contributed by atoms with E-state index in [2.05, 4.69) is 0 Å². The zero-order chi connectivity index (χ0) is 13.0. The van der Waals surface area contributed by atoms with E-state index in [0.29, 0.717) is 6.42 Å². The van der Waals surface area contributed by atoms with Gasteiger partial charge in [-0.1, -0.05) is 0 Å². The Bertz CT molecular complexity index is 385. The lowest BCUT2D eigenvalue weighted by Gasteiger charge is -2.26. The Labute approximate surface area is 97.6 Å². The van der Waals surface area contributed by atoms with Crippen LogP contribution in [0.15, 0.2) is 0 Å². The Balaban J connectivity index is 2.11. The molecule has 0 aromatic heterocycles. The fourth-order valence-corrected chi connectivity index (χ4v) is 2.51. The average molecular weight is 247 g/mol. The van der Waals surface area contributed by atoms with Crippen LogP contribution in [-0.4, -0.2) is 40.4 Å². The molecular weight excluding hydrogens is 232 g/mol. The summed E-state index contributed by atoms with van der Waals surface area (Å²) in [5.41, 5.74) is -1.62. The van der Waals surface area contributed by atoms with Crippen molar-refractivity contribution in [3.05, 3.63) is 0 Å². The number of rotatable bonds is 2. The van der Waals surface area contributed by atoms with Gasteiger partial charge < -0.3 is 10.0 Å². The summed E-state index contributed by atoms with van der Waals surface area (Å²) in [6.45, 7) is 3.10. The number of carboxylic acids is 1. The molecule has 6 heteroatoms. The summed E-state index contributed by atoms with van der Waals surface area (Å²) in [6.07, 6.45) is -0.0936. The highest BCUT2D eigenvalue weighted by atomic mass is 19.3. The molecule has 0 radical (unpaired) electrons. The van der Waals surface area contributed by atoms with Gasteiger partial charge in [0.2, 0.25) is 5.91 Å². The first-order chi connectivity index (χ1) is 7.71. The van der Waals surface area contributed by atoms with Crippen molar-refractivity contribution < 1.29 is 23.5 Å². The maximum absolute atomic E-state index is 13.1. The summed E-state index contributed by atoms with van der Waals surface area (Å²) < 4.78 is 26.2. The highest BCUT2D eigenvalue weighted by Gasteiger charge is 2.73. The van der Waals surface area contributed by atoms with Gasteiger partial charge >= 0.3 is 5.97 Å². The lowest BCUT2D eigenvalue weighted by Crippen LogP contribution is -2.42. The molecule has 3 unspecified atom stereocenters. The number of likely N-dealkylation sites (tertiary alicyclic amines) is 1. The molecule has 0 aromatic carbocycles. The number of carboxylic acid groups (broad SMARTS) is 1. The molecule has 0 bridgehead atoms. The normalized spacial score (nSPS) is 39.2. The molecule has 1 aliphatic heterocycles. The summed E-state index contributed by atoms with van der Waals surface area (Å²) in [5.74, 6) is -5.17. The van der Waals surface area contributed by atoms with Crippen molar-refractivity contribution in [3.8, 4) is 0 Å². The zero-order valence-electron chi connectivity index (χ0n) is 9.74. The Morgan fingerprint density at radius 3 is 2.29 bits per heavy atom. The van der Waals surface area contributed by atoms with E-state index in [9.17, 15) is 18.4 Å². The van der Waals surface area contributed by atoms with Crippen LogP contribution in [0, 0.1) is 11.3 Å². The molecule has 2 aliphatic rings. The first-order valence-electron chi connectivity index (χ1n) is 5.62.